The van der Waals surface area contributed by atoms with Crippen LogP contribution in [0.2, 0.25) is 0 Å². The predicted octanol–water partition coefficient (Wildman–Crippen LogP) is 0.543. The number of rotatable bonds is 8. The van der Waals surface area contributed by atoms with Gasteiger partial charge in [-0.1, -0.05) is 30.3 Å². The Hall–Kier alpha value is -2.37. The number of primary amides is 1. The molecule has 0 aliphatic rings. The second-order valence-corrected chi connectivity index (χ2v) is 4.66. The molecule has 0 aliphatic carbocycles. The van der Waals surface area contributed by atoms with Crippen molar-refractivity contribution in [2.24, 2.45) is 5.73 Å². The van der Waals surface area contributed by atoms with Gasteiger partial charge in [-0.3, -0.25) is 9.59 Å². The van der Waals surface area contributed by atoms with Crippen LogP contribution in [-0.2, 0) is 25.5 Å². The Morgan fingerprint density at radius 2 is 1.90 bits per heavy atom. The number of nitrogens with one attached hydrogen (secondary N) is 1. The van der Waals surface area contributed by atoms with Crippen LogP contribution in [0.15, 0.2) is 30.3 Å². The fourth-order valence-electron chi connectivity index (χ4n) is 1.80. The summed E-state index contributed by atoms with van der Waals surface area (Å²) in [5, 5.41) is 2.46. The van der Waals surface area contributed by atoms with Crippen LogP contribution >= 0.6 is 0 Å². The van der Waals surface area contributed by atoms with Gasteiger partial charge in [0.2, 0.25) is 11.8 Å². The van der Waals surface area contributed by atoms with Crippen LogP contribution in [0.1, 0.15) is 25.3 Å². The van der Waals surface area contributed by atoms with Crippen molar-refractivity contribution in [1.29, 1.82) is 0 Å². The van der Waals surface area contributed by atoms with Gasteiger partial charge < -0.3 is 15.8 Å². The molecule has 0 spiro atoms. The highest BCUT2D eigenvalue weighted by Crippen LogP contribution is 2.03. The number of benzene rings is 1. The number of carbonyl (C=O) groups excluding carboxylic acids is 3. The summed E-state index contributed by atoms with van der Waals surface area (Å²) in [7, 11) is 0. The molecule has 0 heterocycles. The SMILES string of the molecule is CC(=O)N[C@@H](CCC(N)=O)C(=O)OCCc1ccccc1. The summed E-state index contributed by atoms with van der Waals surface area (Å²) < 4.78 is 5.14. The molecule has 0 aromatic heterocycles. The highest BCUT2D eigenvalue weighted by Gasteiger charge is 2.21. The van der Waals surface area contributed by atoms with Crippen LogP contribution < -0.4 is 11.1 Å². The molecule has 114 valence electrons. The molecule has 0 bridgehead atoms. The molecule has 0 unspecified atom stereocenters. The van der Waals surface area contributed by atoms with E-state index in [-0.39, 0.29) is 25.4 Å². The van der Waals surface area contributed by atoms with E-state index in [4.69, 9.17) is 10.5 Å². The summed E-state index contributed by atoms with van der Waals surface area (Å²) in [6, 6.07) is 8.75. The van der Waals surface area contributed by atoms with Gasteiger partial charge in [-0.25, -0.2) is 4.79 Å². The summed E-state index contributed by atoms with van der Waals surface area (Å²) >= 11 is 0. The molecule has 3 N–H and O–H groups in total. The van der Waals surface area contributed by atoms with E-state index in [1.54, 1.807) is 0 Å². The van der Waals surface area contributed by atoms with Crippen LogP contribution in [0.3, 0.4) is 0 Å². The fraction of sp³-hybridized carbons (Fsp3) is 0.400. The van der Waals surface area contributed by atoms with Crippen molar-refractivity contribution in [3.8, 4) is 0 Å². The second kappa shape index (κ2) is 8.73. The minimum atomic E-state index is -0.842. The molecule has 21 heavy (non-hydrogen) atoms. The number of ether oxygens (including phenoxy) is 1. The molecule has 1 aromatic rings. The first-order chi connectivity index (χ1) is 9.99. The van der Waals surface area contributed by atoms with Crippen molar-refractivity contribution in [2.75, 3.05) is 6.61 Å². The Labute approximate surface area is 123 Å². The van der Waals surface area contributed by atoms with E-state index in [0.29, 0.717) is 6.42 Å². The predicted molar refractivity (Wildman–Crippen MR) is 77.1 cm³/mol. The van der Waals surface area contributed by atoms with Crippen molar-refractivity contribution < 1.29 is 19.1 Å². The Kier molecular flexibility index (Phi) is 6.94. The first kappa shape index (κ1) is 16.7. The molecule has 1 aromatic carbocycles. The van der Waals surface area contributed by atoms with Crippen LogP contribution in [0.4, 0.5) is 0 Å². The summed E-state index contributed by atoms with van der Waals surface area (Å²) in [6.45, 7) is 1.52. The molecular weight excluding hydrogens is 272 g/mol. The van der Waals surface area contributed by atoms with E-state index in [2.05, 4.69) is 5.32 Å². The lowest BCUT2D eigenvalue weighted by Gasteiger charge is -2.16. The number of nitrogens with two attached hydrogens (primary N) is 1. The molecule has 0 saturated heterocycles. The molecule has 6 heteroatoms. The minimum absolute atomic E-state index is 0.0126. The maximum absolute atomic E-state index is 11.9. The van der Waals surface area contributed by atoms with Crippen LogP contribution in [-0.4, -0.2) is 30.4 Å². The first-order valence-corrected chi connectivity index (χ1v) is 6.75. The summed E-state index contributed by atoms with van der Waals surface area (Å²) in [5.74, 6) is -1.44. The Morgan fingerprint density at radius 1 is 1.24 bits per heavy atom. The van der Waals surface area contributed by atoms with Gasteiger partial charge in [0.15, 0.2) is 0 Å². The van der Waals surface area contributed by atoms with Gasteiger partial charge in [0.25, 0.3) is 0 Å². The zero-order chi connectivity index (χ0) is 15.7. The molecule has 1 atom stereocenters. The van der Waals surface area contributed by atoms with Gasteiger partial charge in [0, 0.05) is 19.8 Å². The molecule has 1 rings (SSSR count). The smallest absolute Gasteiger partial charge is 0.328 e. The van der Waals surface area contributed by atoms with Crippen molar-refractivity contribution in [3.63, 3.8) is 0 Å². The molecule has 0 radical (unpaired) electrons. The fourth-order valence-corrected chi connectivity index (χ4v) is 1.80. The Bertz CT molecular complexity index is 488. The van der Waals surface area contributed by atoms with E-state index < -0.39 is 17.9 Å². The number of amides is 2. The lowest BCUT2D eigenvalue weighted by Crippen LogP contribution is -2.41. The van der Waals surface area contributed by atoms with E-state index in [1.165, 1.54) is 6.92 Å². The van der Waals surface area contributed by atoms with Crippen LogP contribution in [0.25, 0.3) is 0 Å². The summed E-state index contributed by atoms with van der Waals surface area (Å²) in [5.41, 5.74) is 6.10. The standard InChI is InChI=1S/C15H20N2O4/c1-11(18)17-13(7-8-14(16)19)15(20)21-10-9-12-5-3-2-4-6-12/h2-6,13H,7-10H2,1H3,(H2,16,19)(H,17,18)/t13-/m0/s1. The van der Waals surface area contributed by atoms with Crippen molar-refractivity contribution in [3.05, 3.63) is 35.9 Å². The summed E-state index contributed by atoms with van der Waals surface area (Å²) in [6.07, 6.45) is 0.743. The largest absolute Gasteiger partial charge is 0.464 e. The average Bonchev–Trinajstić information content (AvgIpc) is 2.44. The number of esters is 1. The quantitative estimate of drug-likeness (QED) is 0.683. The maximum Gasteiger partial charge on any atom is 0.328 e. The van der Waals surface area contributed by atoms with E-state index in [1.807, 2.05) is 30.3 Å². The van der Waals surface area contributed by atoms with Gasteiger partial charge in [-0.2, -0.15) is 0 Å². The highest BCUT2D eigenvalue weighted by molar-refractivity contribution is 5.84. The second-order valence-electron chi connectivity index (χ2n) is 4.66. The third-order valence-electron chi connectivity index (χ3n) is 2.82. The van der Waals surface area contributed by atoms with Gasteiger partial charge in [0.1, 0.15) is 6.04 Å². The molecule has 6 nitrogen and oxygen atoms in total. The minimum Gasteiger partial charge on any atom is -0.464 e. The third kappa shape index (κ3) is 7.10. The number of carbonyl (C=O) groups is 3. The highest BCUT2D eigenvalue weighted by atomic mass is 16.5. The van der Waals surface area contributed by atoms with E-state index in [9.17, 15) is 14.4 Å². The topological polar surface area (TPSA) is 98.5 Å². The molecule has 0 saturated carbocycles. The van der Waals surface area contributed by atoms with Crippen LogP contribution in [0, 0.1) is 0 Å². The normalized spacial score (nSPS) is 11.5. The van der Waals surface area contributed by atoms with E-state index >= 15 is 0 Å². The van der Waals surface area contributed by atoms with Gasteiger partial charge in [-0.15, -0.1) is 0 Å². The monoisotopic (exact) mass is 292 g/mol. The molecular formula is C15H20N2O4. The van der Waals surface area contributed by atoms with Gasteiger partial charge >= 0.3 is 5.97 Å². The zero-order valence-electron chi connectivity index (χ0n) is 12.0. The zero-order valence-corrected chi connectivity index (χ0v) is 12.0. The molecule has 2 amide bonds. The Balaban J connectivity index is 2.43. The van der Waals surface area contributed by atoms with Crippen molar-refractivity contribution >= 4 is 17.8 Å². The van der Waals surface area contributed by atoms with Gasteiger partial charge in [0.05, 0.1) is 6.61 Å². The number of hydrogen-bond acceptors (Lipinski definition) is 4. The summed E-state index contributed by atoms with van der Waals surface area (Å²) in [4.78, 5) is 33.7. The first-order valence-electron chi connectivity index (χ1n) is 6.75. The number of hydrogen-bond donors (Lipinski definition) is 2. The average molecular weight is 292 g/mol. The maximum atomic E-state index is 11.9. The molecule has 0 aliphatic heterocycles. The van der Waals surface area contributed by atoms with Gasteiger partial charge in [-0.05, 0) is 12.0 Å². The van der Waals surface area contributed by atoms with E-state index in [0.717, 1.165) is 5.56 Å². The van der Waals surface area contributed by atoms with Crippen LogP contribution in [0.5, 0.6) is 0 Å². The third-order valence-corrected chi connectivity index (χ3v) is 2.82. The van der Waals surface area contributed by atoms with Crippen molar-refractivity contribution in [1.82, 2.24) is 5.32 Å². The lowest BCUT2D eigenvalue weighted by molar-refractivity contribution is -0.147. The molecule has 0 fully saturated rings. The van der Waals surface area contributed by atoms with Crippen molar-refractivity contribution in [2.45, 2.75) is 32.2 Å². The lowest BCUT2D eigenvalue weighted by atomic mass is 10.1. The Morgan fingerprint density at radius 3 is 2.48 bits per heavy atom.